The summed E-state index contributed by atoms with van der Waals surface area (Å²) in [7, 11) is 0. The van der Waals surface area contributed by atoms with Crippen molar-refractivity contribution in [1.82, 2.24) is 0 Å². The van der Waals surface area contributed by atoms with Gasteiger partial charge in [0.25, 0.3) is 0 Å². The highest BCUT2D eigenvalue weighted by molar-refractivity contribution is 5.93. The topological polar surface area (TPSA) is 126 Å². The molecule has 3 rings (SSSR count). The maximum Gasteiger partial charge on any atom is 0.411 e. The Morgan fingerprint density at radius 1 is 0.659 bits per heavy atom. The summed E-state index contributed by atoms with van der Waals surface area (Å²) >= 11 is 0. The van der Waals surface area contributed by atoms with Crippen LogP contribution in [0, 0.1) is 0 Å². The normalized spacial score (nSPS) is 10.0. The molecule has 0 atom stereocenters. The van der Waals surface area contributed by atoms with E-state index < -0.39 is 24.0 Å². The third-order valence-electron chi connectivity index (χ3n) is 5.25. The van der Waals surface area contributed by atoms with Crippen LogP contribution in [0.4, 0.5) is 10.5 Å². The van der Waals surface area contributed by atoms with Gasteiger partial charge in [-0.2, -0.15) is 0 Å². The Kier molecular flexibility index (Phi) is 11.7. The van der Waals surface area contributed by atoms with Crippen LogP contribution in [0.2, 0.25) is 0 Å². The van der Waals surface area contributed by atoms with Crippen molar-refractivity contribution >= 4 is 29.7 Å². The summed E-state index contributed by atoms with van der Waals surface area (Å²) < 4.78 is 26.1. The first kappa shape index (κ1) is 30.2. The Morgan fingerprint density at radius 2 is 1.17 bits per heavy atom. The molecule has 41 heavy (non-hydrogen) atoms. The van der Waals surface area contributed by atoms with Gasteiger partial charge in [-0.1, -0.05) is 19.2 Å². The molecule has 10 nitrogen and oxygen atoms in total. The number of nitrogens with one attached hydrogen (secondary N) is 1. The Labute approximate surface area is 237 Å². The number of rotatable bonds is 14. The SMILES string of the molecule is C=CCOC(=O)Nc1ccc(C(=O)Oc2ccc(OC(=O)c3ccc(OCCCCOC(=O)C=C)cc3)cc2)cc1. The van der Waals surface area contributed by atoms with E-state index in [0.717, 1.165) is 6.08 Å². The fraction of sp³-hybridized carbons (Fsp3) is 0.161. The third-order valence-corrected chi connectivity index (χ3v) is 5.25. The van der Waals surface area contributed by atoms with Gasteiger partial charge in [0.2, 0.25) is 0 Å². The van der Waals surface area contributed by atoms with Crippen molar-refractivity contribution < 1.29 is 42.9 Å². The molecule has 0 aliphatic rings. The highest BCUT2D eigenvalue weighted by atomic mass is 16.6. The number of unbranched alkanes of at least 4 members (excludes halogenated alkanes) is 1. The highest BCUT2D eigenvalue weighted by Crippen LogP contribution is 2.21. The number of hydrogen-bond acceptors (Lipinski definition) is 9. The van der Waals surface area contributed by atoms with Crippen molar-refractivity contribution in [3.05, 3.63) is 109 Å². The number of anilines is 1. The summed E-state index contributed by atoms with van der Waals surface area (Å²) in [6.07, 6.45) is 3.28. The molecule has 0 spiro atoms. The molecule has 3 aromatic carbocycles. The van der Waals surface area contributed by atoms with Gasteiger partial charge in [0.15, 0.2) is 0 Å². The monoisotopic (exact) mass is 559 g/mol. The second-order valence-electron chi connectivity index (χ2n) is 8.29. The van der Waals surface area contributed by atoms with E-state index in [4.69, 9.17) is 23.7 Å². The molecule has 0 fully saturated rings. The lowest BCUT2D eigenvalue weighted by Gasteiger charge is -2.09. The Bertz CT molecular complexity index is 1350. The van der Waals surface area contributed by atoms with Crippen LogP contribution >= 0.6 is 0 Å². The summed E-state index contributed by atoms with van der Waals surface area (Å²) in [5, 5.41) is 2.52. The quantitative estimate of drug-likeness (QED) is 0.0864. The summed E-state index contributed by atoms with van der Waals surface area (Å²) in [4.78, 5) is 47.5. The molecule has 0 aliphatic carbocycles. The van der Waals surface area contributed by atoms with Crippen molar-refractivity contribution in [3.8, 4) is 17.2 Å². The second-order valence-corrected chi connectivity index (χ2v) is 8.29. The molecule has 0 unspecified atom stereocenters. The van der Waals surface area contributed by atoms with Gasteiger partial charge in [0.05, 0.1) is 24.3 Å². The van der Waals surface area contributed by atoms with Crippen LogP contribution in [0.25, 0.3) is 0 Å². The Balaban J connectivity index is 1.43. The van der Waals surface area contributed by atoms with E-state index in [1.807, 2.05) is 0 Å². The standard InChI is InChI=1S/C31H29NO9/c1-3-19-39-31(36)32-24-11-7-22(8-12-24)29(34)40-26-15-17-27(18-16-26)41-30(35)23-9-13-25(14-10-23)37-20-5-6-21-38-28(33)4-2/h3-4,7-18H,1-2,5-6,19-21H2,(H,32,36). The van der Waals surface area contributed by atoms with Gasteiger partial charge in [0.1, 0.15) is 23.9 Å². The number of hydrogen-bond donors (Lipinski definition) is 1. The number of amides is 1. The molecule has 0 saturated heterocycles. The van der Waals surface area contributed by atoms with Crippen LogP contribution in [0.1, 0.15) is 33.6 Å². The van der Waals surface area contributed by atoms with Crippen molar-refractivity contribution in [2.45, 2.75) is 12.8 Å². The lowest BCUT2D eigenvalue weighted by Crippen LogP contribution is -2.14. The number of carbonyl (C=O) groups excluding carboxylic acids is 4. The minimum atomic E-state index is -0.638. The van der Waals surface area contributed by atoms with Crippen LogP contribution in [0.15, 0.2) is 98.1 Å². The lowest BCUT2D eigenvalue weighted by molar-refractivity contribution is -0.137. The first-order valence-electron chi connectivity index (χ1n) is 12.6. The zero-order valence-corrected chi connectivity index (χ0v) is 22.2. The van der Waals surface area contributed by atoms with Gasteiger partial charge in [-0.25, -0.2) is 19.2 Å². The summed E-state index contributed by atoms with van der Waals surface area (Å²) in [6.45, 7) is 7.61. The molecule has 0 radical (unpaired) electrons. The highest BCUT2D eigenvalue weighted by Gasteiger charge is 2.12. The van der Waals surface area contributed by atoms with E-state index in [1.165, 1.54) is 42.5 Å². The molecular formula is C31H29NO9. The average Bonchev–Trinajstić information content (AvgIpc) is 2.99. The molecule has 1 N–H and O–H groups in total. The average molecular weight is 560 g/mol. The molecule has 0 saturated carbocycles. The van der Waals surface area contributed by atoms with E-state index in [9.17, 15) is 19.2 Å². The predicted molar refractivity (Wildman–Crippen MR) is 150 cm³/mol. The molecule has 10 heteroatoms. The van der Waals surface area contributed by atoms with E-state index in [0.29, 0.717) is 43.1 Å². The van der Waals surface area contributed by atoms with Crippen LogP contribution in [-0.4, -0.2) is 43.8 Å². The van der Waals surface area contributed by atoms with Gasteiger partial charge >= 0.3 is 24.0 Å². The number of carbonyl (C=O) groups is 4. The van der Waals surface area contributed by atoms with Crippen LogP contribution in [0.3, 0.4) is 0 Å². The summed E-state index contributed by atoms with van der Waals surface area (Å²) in [5.41, 5.74) is 1.05. The largest absolute Gasteiger partial charge is 0.494 e. The maximum absolute atomic E-state index is 12.5. The molecule has 0 aliphatic heterocycles. The minimum Gasteiger partial charge on any atom is -0.494 e. The number of esters is 3. The van der Waals surface area contributed by atoms with Crippen LogP contribution in [-0.2, 0) is 14.3 Å². The Morgan fingerprint density at radius 3 is 1.71 bits per heavy atom. The van der Waals surface area contributed by atoms with Crippen molar-refractivity contribution in [2.75, 3.05) is 25.1 Å². The summed E-state index contributed by atoms with van der Waals surface area (Å²) in [5.74, 6) is -0.503. The fourth-order valence-electron chi connectivity index (χ4n) is 3.20. The smallest absolute Gasteiger partial charge is 0.411 e. The van der Waals surface area contributed by atoms with Gasteiger partial charge in [-0.3, -0.25) is 5.32 Å². The van der Waals surface area contributed by atoms with E-state index >= 15 is 0 Å². The van der Waals surface area contributed by atoms with Crippen molar-refractivity contribution in [2.24, 2.45) is 0 Å². The molecular weight excluding hydrogens is 530 g/mol. The molecule has 0 heterocycles. The van der Waals surface area contributed by atoms with E-state index in [2.05, 4.69) is 18.5 Å². The zero-order valence-electron chi connectivity index (χ0n) is 22.2. The van der Waals surface area contributed by atoms with Crippen molar-refractivity contribution in [1.29, 1.82) is 0 Å². The second kappa shape index (κ2) is 15.9. The predicted octanol–water partition coefficient (Wildman–Crippen LogP) is 5.75. The van der Waals surface area contributed by atoms with Gasteiger partial charge in [-0.15, -0.1) is 0 Å². The maximum atomic E-state index is 12.5. The number of benzene rings is 3. The van der Waals surface area contributed by atoms with E-state index in [-0.39, 0.29) is 23.7 Å². The van der Waals surface area contributed by atoms with Crippen LogP contribution in [0.5, 0.6) is 17.2 Å². The van der Waals surface area contributed by atoms with Crippen LogP contribution < -0.4 is 19.5 Å². The van der Waals surface area contributed by atoms with Gasteiger partial charge < -0.3 is 23.7 Å². The summed E-state index contributed by atoms with van der Waals surface area (Å²) in [6, 6.07) is 18.6. The molecule has 0 bridgehead atoms. The minimum absolute atomic E-state index is 0.0814. The van der Waals surface area contributed by atoms with E-state index in [1.54, 1.807) is 36.4 Å². The molecule has 1 amide bonds. The first-order chi connectivity index (χ1) is 19.9. The molecule has 212 valence electrons. The lowest BCUT2D eigenvalue weighted by atomic mass is 10.2. The Hall–Kier alpha value is -5.38. The molecule has 3 aromatic rings. The zero-order chi connectivity index (χ0) is 29.5. The molecule has 0 aromatic heterocycles. The third kappa shape index (κ3) is 10.4. The first-order valence-corrected chi connectivity index (χ1v) is 12.6. The van der Waals surface area contributed by atoms with Crippen molar-refractivity contribution in [3.63, 3.8) is 0 Å². The van der Waals surface area contributed by atoms with Gasteiger partial charge in [-0.05, 0) is 85.6 Å². The number of ether oxygens (including phenoxy) is 5. The van der Waals surface area contributed by atoms with Gasteiger partial charge in [0, 0.05) is 11.8 Å². The fourth-order valence-corrected chi connectivity index (χ4v) is 3.20.